The molecule has 0 spiro atoms. The molecule has 1 aliphatic heterocycles. The number of nitrogens with zero attached hydrogens (tertiary/aromatic N) is 2. The molecule has 0 radical (unpaired) electrons. The molecule has 0 aliphatic carbocycles. The number of hydrogen-bond acceptors (Lipinski definition) is 4. The van der Waals surface area contributed by atoms with Crippen LogP contribution in [0.1, 0.15) is 39.2 Å². The Morgan fingerprint density at radius 3 is 2.71 bits per heavy atom. The van der Waals surface area contributed by atoms with Crippen molar-refractivity contribution in [1.82, 2.24) is 15.1 Å². The molecule has 132 valence electrons. The van der Waals surface area contributed by atoms with Crippen LogP contribution in [-0.4, -0.2) is 46.8 Å². The second-order valence-electron chi connectivity index (χ2n) is 6.97. The van der Waals surface area contributed by atoms with Gasteiger partial charge in [0.1, 0.15) is 12.1 Å². The van der Waals surface area contributed by atoms with E-state index >= 15 is 0 Å². The van der Waals surface area contributed by atoms with Crippen molar-refractivity contribution in [2.75, 3.05) is 13.6 Å². The fourth-order valence-corrected chi connectivity index (χ4v) is 3.30. The summed E-state index contributed by atoms with van der Waals surface area (Å²) in [5.41, 5.74) is 0.128. The minimum absolute atomic E-state index is 0.220. The van der Waals surface area contributed by atoms with Crippen LogP contribution in [0, 0.1) is 5.92 Å². The molecule has 4 amide bonds. The first kappa shape index (κ1) is 18.4. The van der Waals surface area contributed by atoms with Gasteiger partial charge in [0.2, 0.25) is 5.91 Å². The average molecular weight is 351 g/mol. The molecule has 1 aromatic heterocycles. The summed E-state index contributed by atoms with van der Waals surface area (Å²) in [7, 11) is 1.68. The summed E-state index contributed by atoms with van der Waals surface area (Å²) < 4.78 is 0. The SMILES string of the molecule is CC(C)CC[C@]1(C)NC(=O)N(CC(=O)N(C)Cc2ccsc2)C1=O. The first-order chi connectivity index (χ1) is 11.2. The maximum Gasteiger partial charge on any atom is 0.325 e. The van der Waals surface area contributed by atoms with Gasteiger partial charge in [-0.1, -0.05) is 13.8 Å². The molecule has 0 aromatic carbocycles. The van der Waals surface area contributed by atoms with Crippen LogP contribution in [0.3, 0.4) is 0 Å². The Morgan fingerprint density at radius 2 is 2.12 bits per heavy atom. The summed E-state index contributed by atoms with van der Waals surface area (Å²) >= 11 is 1.57. The predicted octanol–water partition coefficient (Wildman–Crippen LogP) is 2.45. The zero-order valence-corrected chi connectivity index (χ0v) is 15.5. The number of amides is 4. The zero-order chi connectivity index (χ0) is 17.9. The maximum absolute atomic E-state index is 12.6. The minimum atomic E-state index is -0.909. The second-order valence-corrected chi connectivity index (χ2v) is 7.75. The Kier molecular flexibility index (Phi) is 5.64. The molecule has 1 N–H and O–H groups in total. The number of nitrogens with one attached hydrogen (secondary N) is 1. The van der Waals surface area contributed by atoms with Gasteiger partial charge >= 0.3 is 6.03 Å². The first-order valence-electron chi connectivity index (χ1n) is 8.12. The van der Waals surface area contributed by atoms with Crippen molar-refractivity contribution in [1.29, 1.82) is 0 Å². The lowest BCUT2D eigenvalue weighted by Crippen LogP contribution is -2.45. The molecule has 24 heavy (non-hydrogen) atoms. The Morgan fingerprint density at radius 1 is 1.42 bits per heavy atom. The van der Waals surface area contributed by atoms with Gasteiger partial charge in [-0.2, -0.15) is 11.3 Å². The van der Waals surface area contributed by atoms with Gasteiger partial charge in [-0.25, -0.2) is 4.79 Å². The van der Waals surface area contributed by atoms with Gasteiger partial charge < -0.3 is 10.2 Å². The number of hydrogen-bond donors (Lipinski definition) is 1. The van der Waals surface area contributed by atoms with Crippen molar-refractivity contribution in [2.45, 2.75) is 45.7 Å². The molecular formula is C17H25N3O3S. The van der Waals surface area contributed by atoms with Crippen LogP contribution in [0.5, 0.6) is 0 Å². The van der Waals surface area contributed by atoms with Crippen LogP contribution < -0.4 is 5.32 Å². The third-order valence-electron chi connectivity index (χ3n) is 4.29. The lowest BCUT2D eigenvalue weighted by molar-refractivity contribution is -0.138. The van der Waals surface area contributed by atoms with Crippen LogP contribution in [0.15, 0.2) is 16.8 Å². The van der Waals surface area contributed by atoms with Gasteiger partial charge in [-0.15, -0.1) is 0 Å². The summed E-state index contributed by atoms with van der Waals surface area (Å²) in [5, 5.41) is 6.67. The lowest BCUT2D eigenvalue weighted by Gasteiger charge is -2.23. The minimum Gasteiger partial charge on any atom is -0.340 e. The quantitative estimate of drug-likeness (QED) is 0.767. The number of likely N-dealkylation sites (N-methyl/N-ethyl adjacent to an activating group) is 1. The van der Waals surface area contributed by atoms with E-state index in [0.29, 0.717) is 18.9 Å². The molecule has 2 heterocycles. The van der Waals surface area contributed by atoms with E-state index in [2.05, 4.69) is 19.2 Å². The molecule has 0 saturated carbocycles. The van der Waals surface area contributed by atoms with E-state index < -0.39 is 11.6 Å². The number of imide groups is 1. The Hall–Kier alpha value is -1.89. The highest BCUT2D eigenvalue weighted by Crippen LogP contribution is 2.24. The highest BCUT2D eigenvalue weighted by atomic mass is 32.1. The number of rotatable bonds is 7. The summed E-state index contributed by atoms with van der Waals surface area (Å²) in [6.45, 7) is 6.13. The van der Waals surface area contributed by atoms with Crippen LogP contribution in [0.25, 0.3) is 0 Å². The van der Waals surface area contributed by atoms with E-state index in [9.17, 15) is 14.4 Å². The van der Waals surface area contributed by atoms with Gasteiger partial charge in [-0.3, -0.25) is 14.5 Å². The average Bonchev–Trinajstić information content (AvgIpc) is 3.08. The molecule has 1 aliphatic rings. The molecule has 1 fully saturated rings. The highest BCUT2D eigenvalue weighted by Gasteiger charge is 2.48. The van der Waals surface area contributed by atoms with Gasteiger partial charge in [0, 0.05) is 13.6 Å². The molecule has 0 bridgehead atoms. The number of carbonyl (C=O) groups excluding carboxylic acids is 3. The fourth-order valence-electron chi connectivity index (χ4n) is 2.64. The number of urea groups is 1. The summed E-state index contributed by atoms with van der Waals surface area (Å²) in [5.74, 6) is -0.123. The summed E-state index contributed by atoms with van der Waals surface area (Å²) in [6, 6.07) is 1.47. The van der Waals surface area contributed by atoms with Crippen molar-refractivity contribution in [3.05, 3.63) is 22.4 Å². The van der Waals surface area contributed by atoms with Gasteiger partial charge in [0.15, 0.2) is 0 Å². The molecular weight excluding hydrogens is 326 g/mol. The van der Waals surface area contributed by atoms with Crippen molar-refractivity contribution >= 4 is 29.2 Å². The van der Waals surface area contributed by atoms with Crippen LogP contribution >= 0.6 is 11.3 Å². The Bertz CT molecular complexity index is 615. The Labute approximate surface area is 146 Å². The topological polar surface area (TPSA) is 69.7 Å². The van der Waals surface area contributed by atoms with Crippen molar-refractivity contribution in [3.63, 3.8) is 0 Å². The first-order valence-corrected chi connectivity index (χ1v) is 9.06. The van der Waals surface area contributed by atoms with Crippen LogP contribution in [0.4, 0.5) is 4.79 Å². The zero-order valence-electron chi connectivity index (χ0n) is 14.7. The number of carbonyl (C=O) groups is 3. The third-order valence-corrected chi connectivity index (χ3v) is 5.02. The summed E-state index contributed by atoms with van der Waals surface area (Å²) in [6.07, 6.45) is 1.41. The van der Waals surface area contributed by atoms with Gasteiger partial charge in [0.05, 0.1) is 0 Å². The van der Waals surface area contributed by atoms with Gasteiger partial charge in [0.25, 0.3) is 5.91 Å². The second kappa shape index (κ2) is 7.34. The van der Waals surface area contributed by atoms with Crippen molar-refractivity contribution in [2.24, 2.45) is 5.92 Å². The van der Waals surface area contributed by atoms with Crippen LogP contribution in [-0.2, 0) is 16.1 Å². The molecule has 2 rings (SSSR count). The normalized spacial score (nSPS) is 20.6. The van der Waals surface area contributed by atoms with E-state index in [1.165, 1.54) is 4.90 Å². The molecule has 1 aromatic rings. The molecule has 6 nitrogen and oxygen atoms in total. The Balaban J connectivity index is 1.97. The monoisotopic (exact) mass is 351 g/mol. The molecule has 7 heteroatoms. The van der Waals surface area contributed by atoms with Crippen molar-refractivity contribution in [3.8, 4) is 0 Å². The van der Waals surface area contributed by atoms with Crippen LogP contribution in [0.2, 0.25) is 0 Å². The van der Waals surface area contributed by atoms with E-state index in [-0.39, 0.29) is 18.4 Å². The summed E-state index contributed by atoms with van der Waals surface area (Å²) in [4.78, 5) is 39.7. The molecule has 1 saturated heterocycles. The van der Waals surface area contributed by atoms with Gasteiger partial charge in [-0.05, 0) is 48.1 Å². The maximum atomic E-state index is 12.6. The third kappa shape index (κ3) is 4.14. The molecule has 1 atom stereocenters. The fraction of sp³-hybridized carbons (Fsp3) is 0.588. The van der Waals surface area contributed by atoms with E-state index in [1.807, 2.05) is 16.8 Å². The number of thiophene rings is 1. The standard InChI is InChI=1S/C17H25N3O3S/c1-12(2)5-7-17(3)15(22)20(16(23)18-17)10-14(21)19(4)9-13-6-8-24-11-13/h6,8,11-12H,5,7,9-10H2,1-4H3,(H,18,23)/t17-/m0/s1. The largest absolute Gasteiger partial charge is 0.340 e. The highest BCUT2D eigenvalue weighted by molar-refractivity contribution is 7.07. The molecule has 0 unspecified atom stereocenters. The smallest absolute Gasteiger partial charge is 0.325 e. The lowest BCUT2D eigenvalue weighted by atomic mass is 9.92. The van der Waals surface area contributed by atoms with E-state index in [1.54, 1.807) is 25.3 Å². The predicted molar refractivity (Wildman–Crippen MR) is 93.5 cm³/mol. The van der Waals surface area contributed by atoms with Crippen molar-refractivity contribution < 1.29 is 14.4 Å². The van der Waals surface area contributed by atoms with E-state index in [4.69, 9.17) is 0 Å². The van der Waals surface area contributed by atoms with E-state index in [0.717, 1.165) is 16.9 Å².